The smallest absolute Gasteiger partial charge is 0.349 e. The molecule has 0 aromatic carbocycles. The van der Waals surface area contributed by atoms with Crippen LogP contribution in [-0.4, -0.2) is 31.1 Å². The Morgan fingerprint density at radius 2 is 2.22 bits per heavy atom. The van der Waals surface area contributed by atoms with Gasteiger partial charge < -0.3 is 20.6 Å². The molecule has 1 aromatic rings. The maximum atomic E-state index is 11.4. The predicted molar refractivity (Wildman–Crippen MR) is 64.7 cm³/mol. The molecule has 100 valence electrons. The van der Waals surface area contributed by atoms with Gasteiger partial charge in [0.1, 0.15) is 5.82 Å². The van der Waals surface area contributed by atoms with E-state index in [2.05, 4.69) is 4.98 Å². The molecule has 1 atom stereocenters. The van der Waals surface area contributed by atoms with Gasteiger partial charge in [0.2, 0.25) is 0 Å². The number of aliphatic hydroxyl groups is 1. The lowest BCUT2D eigenvalue weighted by molar-refractivity contribution is 0.238. The molecule has 1 rings (SSSR count). The fourth-order valence-electron chi connectivity index (χ4n) is 1.25. The molecule has 0 amide bonds. The average Bonchev–Trinajstić information content (AvgIpc) is 2.25. The first-order valence-corrected chi connectivity index (χ1v) is 6.68. The Bertz CT molecular complexity index is 535. The van der Waals surface area contributed by atoms with Crippen molar-refractivity contribution in [3.05, 3.63) is 34.6 Å². The van der Waals surface area contributed by atoms with Crippen molar-refractivity contribution >= 4 is 13.4 Å². The molecule has 18 heavy (non-hydrogen) atoms. The van der Waals surface area contributed by atoms with Crippen molar-refractivity contribution < 1.29 is 19.5 Å². The minimum atomic E-state index is -4.27. The minimum absolute atomic E-state index is 0.0547. The van der Waals surface area contributed by atoms with Crippen LogP contribution in [0.5, 0.6) is 0 Å². The lowest BCUT2D eigenvalue weighted by atomic mass is 10.1. The van der Waals surface area contributed by atoms with Gasteiger partial charge in [0.25, 0.3) is 0 Å². The summed E-state index contributed by atoms with van der Waals surface area (Å²) in [7, 11) is -4.27. The Morgan fingerprint density at radius 3 is 2.72 bits per heavy atom. The normalized spacial score (nSPS) is 13.9. The highest BCUT2D eigenvalue weighted by Gasteiger charge is 2.11. The second kappa shape index (κ2) is 5.92. The Morgan fingerprint density at radius 1 is 1.56 bits per heavy atom. The van der Waals surface area contributed by atoms with E-state index in [1.807, 2.05) is 0 Å². The molecule has 0 saturated carbocycles. The fraction of sp³-hybridized carbons (Fsp3) is 0.333. The van der Waals surface area contributed by atoms with Gasteiger partial charge in [-0.2, -0.15) is 4.98 Å². The molecule has 9 heteroatoms. The van der Waals surface area contributed by atoms with Crippen molar-refractivity contribution in [2.75, 3.05) is 12.3 Å². The molecular formula is C9H14N3O5P. The Hall–Kier alpha value is -1.47. The Labute approximate surface area is 103 Å². The number of aromatic nitrogens is 2. The molecule has 0 radical (unpaired) electrons. The third-order valence-corrected chi connectivity index (χ3v) is 2.67. The van der Waals surface area contributed by atoms with Gasteiger partial charge in [-0.1, -0.05) is 6.08 Å². The summed E-state index contributed by atoms with van der Waals surface area (Å²) in [6.07, 6.45) is 2.57. The van der Waals surface area contributed by atoms with Gasteiger partial charge in [-0.25, -0.2) is 4.79 Å². The first-order chi connectivity index (χ1) is 8.31. The van der Waals surface area contributed by atoms with E-state index in [0.29, 0.717) is 5.82 Å². The number of aliphatic hydroxyl groups excluding tert-OH is 1. The van der Waals surface area contributed by atoms with Crippen LogP contribution in [-0.2, 0) is 11.1 Å². The van der Waals surface area contributed by atoms with Crippen LogP contribution in [0.2, 0.25) is 0 Å². The second-order valence-corrected chi connectivity index (χ2v) is 5.14. The Kier molecular flexibility index (Phi) is 4.80. The van der Waals surface area contributed by atoms with Gasteiger partial charge in [-0.3, -0.25) is 9.13 Å². The topological polar surface area (TPSA) is 139 Å². The molecule has 0 saturated heterocycles. The second-order valence-electron chi connectivity index (χ2n) is 3.66. The van der Waals surface area contributed by atoms with E-state index in [4.69, 9.17) is 20.6 Å². The summed E-state index contributed by atoms with van der Waals surface area (Å²) in [4.78, 5) is 32.2. The third-order valence-electron chi connectivity index (χ3n) is 2.11. The number of nitrogen functional groups attached to an aromatic ring is 1. The van der Waals surface area contributed by atoms with E-state index in [-0.39, 0.29) is 19.0 Å². The predicted octanol–water partition coefficient (Wildman–Crippen LogP) is -0.875. The summed E-state index contributed by atoms with van der Waals surface area (Å²) in [6, 6.07) is 1.42. The minimum Gasteiger partial charge on any atom is -0.396 e. The van der Waals surface area contributed by atoms with Gasteiger partial charge in [0.15, 0.2) is 0 Å². The molecule has 0 aliphatic heterocycles. The van der Waals surface area contributed by atoms with Crippen LogP contribution in [0.1, 0.15) is 0 Å². The van der Waals surface area contributed by atoms with Crippen LogP contribution < -0.4 is 11.4 Å². The molecule has 1 aromatic heterocycles. The van der Waals surface area contributed by atoms with Crippen molar-refractivity contribution in [2.45, 2.75) is 6.54 Å². The van der Waals surface area contributed by atoms with Crippen LogP contribution in [0.15, 0.2) is 29.0 Å². The molecule has 0 aliphatic rings. The van der Waals surface area contributed by atoms with Crippen LogP contribution in [0, 0.1) is 5.92 Å². The molecule has 0 spiro atoms. The monoisotopic (exact) mass is 275 g/mol. The number of hydrogen-bond acceptors (Lipinski definition) is 5. The summed E-state index contributed by atoms with van der Waals surface area (Å²) < 4.78 is 11.8. The van der Waals surface area contributed by atoms with Gasteiger partial charge in [0.05, 0.1) is 6.61 Å². The highest BCUT2D eigenvalue weighted by molar-refractivity contribution is 7.55. The van der Waals surface area contributed by atoms with E-state index in [9.17, 15) is 9.36 Å². The first-order valence-electron chi connectivity index (χ1n) is 5.00. The lowest BCUT2D eigenvalue weighted by Crippen LogP contribution is -2.27. The largest absolute Gasteiger partial charge is 0.396 e. The quantitative estimate of drug-likeness (QED) is 0.512. The van der Waals surface area contributed by atoms with E-state index in [1.54, 1.807) is 0 Å². The molecule has 0 aliphatic carbocycles. The Balaban J connectivity index is 2.84. The van der Waals surface area contributed by atoms with Crippen LogP contribution >= 0.6 is 7.60 Å². The van der Waals surface area contributed by atoms with E-state index in [1.165, 1.54) is 22.9 Å². The summed E-state index contributed by atoms with van der Waals surface area (Å²) in [6.45, 7) is -0.299. The molecule has 0 bridgehead atoms. The zero-order valence-corrected chi connectivity index (χ0v) is 10.3. The van der Waals surface area contributed by atoms with Crippen molar-refractivity contribution in [1.29, 1.82) is 0 Å². The fourth-order valence-corrected chi connectivity index (χ4v) is 1.71. The average molecular weight is 275 g/mol. The number of rotatable bonds is 5. The maximum absolute atomic E-state index is 11.4. The maximum Gasteiger partial charge on any atom is 0.349 e. The zero-order chi connectivity index (χ0) is 13.8. The van der Waals surface area contributed by atoms with Gasteiger partial charge in [0, 0.05) is 24.5 Å². The van der Waals surface area contributed by atoms with E-state index in [0.717, 1.165) is 0 Å². The number of hydrogen-bond donors (Lipinski definition) is 4. The summed E-state index contributed by atoms with van der Waals surface area (Å²) in [5, 5.41) is 9.06. The van der Waals surface area contributed by atoms with Crippen molar-refractivity contribution in [3.8, 4) is 0 Å². The van der Waals surface area contributed by atoms with Gasteiger partial charge in [-0.15, -0.1) is 0 Å². The SMILES string of the molecule is Nc1ccn(CC(C=CP(=O)(O)O)CO)c(=O)n1. The van der Waals surface area contributed by atoms with Gasteiger partial charge in [-0.05, 0) is 6.07 Å². The van der Waals surface area contributed by atoms with Crippen LogP contribution in [0.4, 0.5) is 5.82 Å². The van der Waals surface area contributed by atoms with Crippen molar-refractivity contribution in [1.82, 2.24) is 9.55 Å². The number of nitrogens with zero attached hydrogens (tertiary/aromatic N) is 2. The van der Waals surface area contributed by atoms with Crippen molar-refractivity contribution in [3.63, 3.8) is 0 Å². The van der Waals surface area contributed by atoms with Crippen LogP contribution in [0.25, 0.3) is 0 Å². The van der Waals surface area contributed by atoms with Crippen LogP contribution in [0.3, 0.4) is 0 Å². The lowest BCUT2D eigenvalue weighted by Gasteiger charge is -2.11. The van der Waals surface area contributed by atoms with E-state index >= 15 is 0 Å². The summed E-state index contributed by atoms with van der Waals surface area (Å²) in [5.74, 6) is 0.187. The number of anilines is 1. The molecule has 1 heterocycles. The standard InChI is InChI=1S/C9H14N3O5P/c10-8-1-3-12(9(14)11-8)5-7(6-13)2-4-18(15,16)17/h1-4,7,13H,5-6H2,(H2,10,11,14)(H2,15,16,17). The zero-order valence-electron chi connectivity index (χ0n) is 9.38. The molecule has 0 fully saturated rings. The molecule has 8 nitrogen and oxygen atoms in total. The van der Waals surface area contributed by atoms with E-state index < -0.39 is 19.2 Å². The summed E-state index contributed by atoms with van der Waals surface area (Å²) in [5.41, 5.74) is 4.73. The first kappa shape index (κ1) is 14.6. The number of nitrogens with two attached hydrogens (primary N) is 1. The molecular weight excluding hydrogens is 261 g/mol. The molecule has 1 unspecified atom stereocenters. The molecule has 5 N–H and O–H groups in total. The summed E-state index contributed by atoms with van der Waals surface area (Å²) >= 11 is 0. The third kappa shape index (κ3) is 4.80. The van der Waals surface area contributed by atoms with Gasteiger partial charge >= 0.3 is 13.3 Å². The highest BCUT2D eigenvalue weighted by Crippen LogP contribution is 2.36. The highest BCUT2D eigenvalue weighted by atomic mass is 31.2. The van der Waals surface area contributed by atoms with Crippen molar-refractivity contribution in [2.24, 2.45) is 5.92 Å².